The predicted octanol–water partition coefficient (Wildman–Crippen LogP) is 0.721. The number of carbonyl (C=O) groups excluding carboxylic acids is 1. The first-order valence-electron chi connectivity index (χ1n) is 3.32. The van der Waals surface area contributed by atoms with Crippen molar-refractivity contribution in [2.24, 2.45) is 0 Å². The van der Waals surface area contributed by atoms with Gasteiger partial charge in [-0.05, 0) is 6.26 Å². The Hall–Kier alpha value is -0.690. The topological polar surface area (TPSA) is 44.1 Å². The van der Waals surface area contributed by atoms with Crippen molar-refractivity contribution >= 4 is 17.7 Å². The summed E-state index contributed by atoms with van der Waals surface area (Å²) in [7, 11) is 1.64. The Morgan fingerprint density at radius 2 is 2.36 bits per heavy atom. The van der Waals surface area contributed by atoms with Crippen LogP contribution in [0.2, 0.25) is 0 Å². The van der Waals surface area contributed by atoms with Gasteiger partial charge in [-0.3, -0.25) is 4.79 Å². The van der Waals surface area contributed by atoms with E-state index in [2.05, 4.69) is 0 Å². The Kier molecular flexibility index (Phi) is 5.67. The van der Waals surface area contributed by atoms with Gasteiger partial charge in [0.05, 0.1) is 6.07 Å². The molecule has 4 heteroatoms. The fraction of sp³-hybridized carbons (Fsp3) is 0.714. The largest absolute Gasteiger partial charge is 0.332 e. The number of thioether (sulfide) groups is 1. The Balaban J connectivity index is 3.57. The molecule has 0 rings (SSSR count). The molecule has 1 amide bonds. The zero-order valence-corrected chi connectivity index (χ0v) is 7.65. The van der Waals surface area contributed by atoms with Crippen LogP contribution in [-0.2, 0) is 4.79 Å². The summed E-state index contributed by atoms with van der Waals surface area (Å²) in [5.74, 6) is 0.870. The van der Waals surface area contributed by atoms with E-state index in [0.29, 0.717) is 6.42 Å². The highest BCUT2D eigenvalue weighted by Gasteiger charge is 2.05. The van der Waals surface area contributed by atoms with Gasteiger partial charge in [0, 0.05) is 19.2 Å². The molecule has 0 aromatic heterocycles. The molecule has 0 aromatic rings. The van der Waals surface area contributed by atoms with Gasteiger partial charge < -0.3 is 4.90 Å². The zero-order chi connectivity index (χ0) is 8.69. The first-order chi connectivity index (χ1) is 5.22. The third-order valence-corrected chi connectivity index (χ3v) is 1.87. The minimum Gasteiger partial charge on any atom is -0.332 e. The second kappa shape index (κ2) is 6.05. The molecule has 0 unspecified atom stereocenters. The van der Waals surface area contributed by atoms with Crippen molar-refractivity contribution in [2.45, 2.75) is 6.42 Å². The summed E-state index contributed by atoms with van der Waals surface area (Å²) in [5, 5.41) is 8.26. The summed E-state index contributed by atoms with van der Waals surface area (Å²) in [6.07, 6.45) is 2.48. The van der Waals surface area contributed by atoms with Crippen LogP contribution in [0.5, 0.6) is 0 Å². The smallest absolute Gasteiger partial charge is 0.223 e. The Morgan fingerprint density at radius 1 is 1.73 bits per heavy atom. The predicted molar refractivity (Wildman–Crippen MR) is 46.2 cm³/mol. The molecule has 0 N–H and O–H groups in total. The van der Waals surface area contributed by atoms with Gasteiger partial charge >= 0.3 is 0 Å². The molecule has 0 aliphatic heterocycles. The van der Waals surface area contributed by atoms with Gasteiger partial charge in [-0.15, -0.1) is 0 Å². The van der Waals surface area contributed by atoms with Crippen molar-refractivity contribution in [1.29, 1.82) is 5.26 Å². The van der Waals surface area contributed by atoms with Gasteiger partial charge in [0.25, 0.3) is 0 Å². The fourth-order valence-corrected chi connectivity index (χ4v) is 0.953. The summed E-state index contributed by atoms with van der Waals surface area (Å²) in [5.41, 5.74) is 0. The molecule has 0 atom stereocenters. The summed E-state index contributed by atoms with van der Waals surface area (Å²) >= 11 is 1.64. The van der Waals surface area contributed by atoms with Crippen LogP contribution >= 0.6 is 11.8 Å². The third kappa shape index (κ3) is 4.68. The standard InChI is InChI=1S/C7H12N2OS/c1-9(5-4-8)7(10)3-6-11-2/h3,5-6H2,1-2H3. The van der Waals surface area contributed by atoms with E-state index in [0.717, 1.165) is 5.75 Å². The van der Waals surface area contributed by atoms with Crippen LogP contribution < -0.4 is 0 Å². The molecule has 0 aliphatic rings. The summed E-state index contributed by atoms with van der Waals surface area (Å²) in [6, 6.07) is 1.92. The fourth-order valence-electron chi connectivity index (χ4n) is 0.574. The van der Waals surface area contributed by atoms with Crippen molar-refractivity contribution in [2.75, 3.05) is 25.6 Å². The van der Waals surface area contributed by atoms with E-state index in [4.69, 9.17) is 5.26 Å². The first kappa shape index (κ1) is 10.3. The van der Waals surface area contributed by atoms with Crippen LogP contribution in [0.15, 0.2) is 0 Å². The maximum Gasteiger partial charge on any atom is 0.223 e. The van der Waals surface area contributed by atoms with Crippen LogP contribution in [0.4, 0.5) is 0 Å². The molecule has 0 fully saturated rings. The van der Waals surface area contributed by atoms with Crippen molar-refractivity contribution in [1.82, 2.24) is 4.90 Å². The average Bonchev–Trinajstić information content (AvgIpc) is 2.00. The minimum absolute atomic E-state index is 0.0425. The number of hydrogen-bond donors (Lipinski definition) is 0. The molecule has 62 valence electrons. The maximum absolute atomic E-state index is 11.1. The lowest BCUT2D eigenvalue weighted by Gasteiger charge is -2.11. The van der Waals surface area contributed by atoms with E-state index < -0.39 is 0 Å². The molecule has 3 nitrogen and oxygen atoms in total. The number of nitrogens with zero attached hydrogens (tertiary/aromatic N) is 2. The average molecular weight is 172 g/mol. The van der Waals surface area contributed by atoms with Crippen LogP contribution in [0.1, 0.15) is 6.42 Å². The number of hydrogen-bond acceptors (Lipinski definition) is 3. The number of nitriles is 1. The number of rotatable bonds is 4. The SMILES string of the molecule is CSCCC(=O)N(C)CC#N. The van der Waals surface area contributed by atoms with Gasteiger partial charge in [0.15, 0.2) is 0 Å². The number of amides is 1. The molecule has 0 radical (unpaired) electrons. The monoisotopic (exact) mass is 172 g/mol. The lowest BCUT2D eigenvalue weighted by Crippen LogP contribution is -2.27. The minimum atomic E-state index is 0.0425. The molecule has 0 saturated carbocycles. The maximum atomic E-state index is 11.1. The van der Waals surface area contributed by atoms with Crippen LogP contribution in [0.25, 0.3) is 0 Å². The first-order valence-corrected chi connectivity index (χ1v) is 4.71. The van der Waals surface area contributed by atoms with E-state index >= 15 is 0 Å². The highest BCUT2D eigenvalue weighted by molar-refractivity contribution is 7.98. The van der Waals surface area contributed by atoms with Gasteiger partial charge in [-0.2, -0.15) is 17.0 Å². The van der Waals surface area contributed by atoms with Gasteiger partial charge in [-0.25, -0.2) is 0 Å². The van der Waals surface area contributed by atoms with Crippen LogP contribution in [-0.4, -0.2) is 36.4 Å². The Morgan fingerprint density at radius 3 is 2.82 bits per heavy atom. The van der Waals surface area contributed by atoms with Crippen molar-refractivity contribution in [3.05, 3.63) is 0 Å². The molecule has 0 saturated heterocycles. The molecular weight excluding hydrogens is 160 g/mol. The molecule has 0 heterocycles. The lowest BCUT2D eigenvalue weighted by molar-refractivity contribution is -0.128. The molecule has 11 heavy (non-hydrogen) atoms. The van der Waals surface area contributed by atoms with Gasteiger partial charge in [-0.1, -0.05) is 0 Å². The number of carbonyl (C=O) groups is 1. The zero-order valence-electron chi connectivity index (χ0n) is 6.83. The normalized spacial score (nSPS) is 8.82. The van der Waals surface area contributed by atoms with Crippen LogP contribution in [0.3, 0.4) is 0 Å². The van der Waals surface area contributed by atoms with Crippen molar-refractivity contribution in [3.8, 4) is 6.07 Å². The summed E-state index contributed by atoms with van der Waals surface area (Å²) < 4.78 is 0. The Bertz CT molecular complexity index is 164. The lowest BCUT2D eigenvalue weighted by atomic mass is 10.4. The molecule has 0 bridgehead atoms. The van der Waals surface area contributed by atoms with E-state index in [1.807, 2.05) is 12.3 Å². The second-order valence-corrected chi connectivity index (χ2v) is 3.14. The van der Waals surface area contributed by atoms with E-state index in [9.17, 15) is 4.79 Å². The summed E-state index contributed by atoms with van der Waals surface area (Å²) in [6.45, 7) is 0.188. The molecule has 0 spiro atoms. The van der Waals surface area contributed by atoms with Crippen molar-refractivity contribution in [3.63, 3.8) is 0 Å². The second-order valence-electron chi connectivity index (χ2n) is 2.15. The quantitative estimate of drug-likeness (QED) is 0.587. The van der Waals surface area contributed by atoms with Gasteiger partial charge in [0.1, 0.15) is 6.54 Å². The molecule has 0 aliphatic carbocycles. The summed E-state index contributed by atoms with van der Waals surface area (Å²) in [4.78, 5) is 12.5. The third-order valence-electron chi connectivity index (χ3n) is 1.25. The highest BCUT2D eigenvalue weighted by atomic mass is 32.2. The van der Waals surface area contributed by atoms with E-state index in [1.54, 1.807) is 18.8 Å². The van der Waals surface area contributed by atoms with E-state index in [1.165, 1.54) is 4.90 Å². The molecular formula is C7H12N2OS. The highest BCUT2D eigenvalue weighted by Crippen LogP contribution is 1.98. The van der Waals surface area contributed by atoms with E-state index in [-0.39, 0.29) is 12.5 Å². The van der Waals surface area contributed by atoms with Gasteiger partial charge in [0.2, 0.25) is 5.91 Å². The van der Waals surface area contributed by atoms with Crippen molar-refractivity contribution < 1.29 is 4.79 Å². The molecule has 0 aromatic carbocycles. The Labute approximate surface area is 71.4 Å². The van der Waals surface area contributed by atoms with Crippen LogP contribution in [0, 0.1) is 11.3 Å².